The van der Waals surface area contributed by atoms with Crippen molar-refractivity contribution in [1.82, 2.24) is 4.98 Å². The zero-order chi connectivity index (χ0) is 9.84. The molecule has 0 saturated heterocycles. The Labute approximate surface area is 82.6 Å². The highest BCUT2D eigenvalue weighted by atomic mass is 32.1. The van der Waals surface area contributed by atoms with Crippen molar-refractivity contribution in [2.24, 2.45) is 0 Å². The fourth-order valence-electron chi connectivity index (χ4n) is 1.18. The average Bonchev–Trinajstić information content (AvgIpc) is 2.47. The van der Waals surface area contributed by atoms with E-state index in [0.717, 1.165) is 35.0 Å². The highest BCUT2D eigenvalue weighted by Crippen LogP contribution is 2.28. The van der Waals surface area contributed by atoms with E-state index in [9.17, 15) is 5.11 Å². The second-order valence-corrected chi connectivity index (χ2v) is 4.08. The molecule has 1 atom stereocenters. The van der Waals surface area contributed by atoms with Gasteiger partial charge in [-0.25, -0.2) is 4.98 Å². The largest absolute Gasteiger partial charge is 0.389 e. The number of aliphatic hydroxyl groups is 1. The van der Waals surface area contributed by atoms with Crippen molar-refractivity contribution >= 4 is 16.3 Å². The Morgan fingerprint density at radius 1 is 1.54 bits per heavy atom. The van der Waals surface area contributed by atoms with Crippen LogP contribution in [0.4, 0.5) is 5.00 Å². The van der Waals surface area contributed by atoms with Gasteiger partial charge in [0, 0.05) is 0 Å². The smallest absolute Gasteiger partial charge is 0.123 e. The van der Waals surface area contributed by atoms with E-state index in [4.69, 9.17) is 5.73 Å². The van der Waals surface area contributed by atoms with Crippen molar-refractivity contribution in [3.8, 4) is 0 Å². The average molecular weight is 200 g/mol. The maximum Gasteiger partial charge on any atom is 0.123 e. The fourth-order valence-corrected chi connectivity index (χ4v) is 2.12. The van der Waals surface area contributed by atoms with Crippen molar-refractivity contribution in [1.29, 1.82) is 0 Å². The molecule has 0 aliphatic rings. The van der Waals surface area contributed by atoms with Crippen LogP contribution in [0.1, 0.15) is 43.5 Å². The number of nitrogens with zero attached hydrogens (tertiary/aromatic N) is 1. The molecule has 0 bridgehead atoms. The highest BCUT2D eigenvalue weighted by Gasteiger charge is 2.13. The minimum atomic E-state index is -0.433. The monoisotopic (exact) mass is 200 g/mol. The predicted octanol–water partition coefficient (Wildman–Crippen LogP) is 2.12. The molecule has 3 N–H and O–H groups in total. The summed E-state index contributed by atoms with van der Waals surface area (Å²) in [5.74, 6) is 0. The van der Waals surface area contributed by atoms with Crippen LogP contribution < -0.4 is 5.73 Å². The van der Waals surface area contributed by atoms with Gasteiger partial charge in [-0.05, 0) is 12.8 Å². The summed E-state index contributed by atoms with van der Waals surface area (Å²) in [5.41, 5.74) is 6.64. The summed E-state index contributed by atoms with van der Waals surface area (Å²) in [4.78, 5) is 4.29. The summed E-state index contributed by atoms with van der Waals surface area (Å²) in [6.45, 7) is 4.06. The third-order valence-electron chi connectivity index (χ3n) is 1.93. The van der Waals surface area contributed by atoms with E-state index in [0.29, 0.717) is 0 Å². The molecule has 0 amide bonds. The maximum atomic E-state index is 9.65. The second-order valence-electron chi connectivity index (χ2n) is 3.02. The molecule has 13 heavy (non-hydrogen) atoms. The topological polar surface area (TPSA) is 59.1 Å². The number of nitrogens with two attached hydrogens (primary N) is 1. The first-order chi connectivity index (χ1) is 6.19. The molecule has 4 heteroatoms. The van der Waals surface area contributed by atoms with E-state index in [1.807, 2.05) is 13.8 Å². The van der Waals surface area contributed by atoms with Crippen molar-refractivity contribution in [3.63, 3.8) is 0 Å². The lowest BCUT2D eigenvalue weighted by molar-refractivity contribution is 0.166. The third-order valence-corrected chi connectivity index (χ3v) is 2.95. The Bertz CT molecular complexity index is 273. The van der Waals surface area contributed by atoms with Crippen LogP contribution in [0.2, 0.25) is 0 Å². The van der Waals surface area contributed by atoms with Crippen LogP contribution in [-0.2, 0) is 6.42 Å². The molecule has 0 aliphatic heterocycles. The normalized spacial score (nSPS) is 13.2. The molecule has 1 aromatic heterocycles. The number of nitrogen functional groups attached to an aromatic ring is 1. The minimum absolute atomic E-state index is 0.433. The maximum absolute atomic E-state index is 9.65. The number of anilines is 1. The van der Waals surface area contributed by atoms with E-state index in [2.05, 4.69) is 4.98 Å². The lowest BCUT2D eigenvalue weighted by Crippen LogP contribution is -1.96. The summed E-state index contributed by atoms with van der Waals surface area (Å²) >= 11 is 1.40. The van der Waals surface area contributed by atoms with Crippen molar-refractivity contribution in [2.45, 2.75) is 39.2 Å². The Morgan fingerprint density at radius 2 is 2.23 bits per heavy atom. The summed E-state index contributed by atoms with van der Waals surface area (Å²) in [5, 5.41) is 11.1. The van der Waals surface area contributed by atoms with E-state index in [1.54, 1.807) is 0 Å². The third kappa shape index (κ3) is 2.42. The van der Waals surface area contributed by atoms with Crippen LogP contribution >= 0.6 is 11.3 Å². The lowest BCUT2D eigenvalue weighted by Gasteiger charge is -2.03. The molecule has 1 aromatic rings. The second kappa shape index (κ2) is 4.58. The van der Waals surface area contributed by atoms with Crippen LogP contribution in [0.15, 0.2) is 0 Å². The molecule has 0 aliphatic carbocycles. The number of hydrogen-bond acceptors (Lipinski definition) is 4. The summed E-state index contributed by atoms with van der Waals surface area (Å²) in [6, 6.07) is 0. The number of aromatic nitrogens is 1. The molecule has 1 rings (SSSR count). The molecule has 0 saturated carbocycles. The molecular weight excluding hydrogens is 184 g/mol. The van der Waals surface area contributed by atoms with Gasteiger partial charge in [0.15, 0.2) is 0 Å². The first-order valence-electron chi connectivity index (χ1n) is 4.62. The van der Waals surface area contributed by atoms with E-state index in [-0.39, 0.29) is 0 Å². The molecule has 74 valence electrons. The van der Waals surface area contributed by atoms with Gasteiger partial charge in [0.05, 0.1) is 5.69 Å². The van der Waals surface area contributed by atoms with Crippen LogP contribution in [0.3, 0.4) is 0 Å². The zero-order valence-corrected chi connectivity index (χ0v) is 8.90. The SMILES string of the molecule is CCCC(O)c1nc(CC)c(N)s1. The van der Waals surface area contributed by atoms with Crippen molar-refractivity contribution < 1.29 is 5.11 Å². The van der Waals surface area contributed by atoms with Crippen LogP contribution in [0.25, 0.3) is 0 Å². The molecule has 0 aromatic carbocycles. The number of rotatable bonds is 4. The quantitative estimate of drug-likeness (QED) is 0.782. The standard InChI is InChI=1S/C9H16N2OS/c1-3-5-7(12)9-11-6(4-2)8(10)13-9/h7,12H,3-5,10H2,1-2H3. The fraction of sp³-hybridized carbons (Fsp3) is 0.667. The van der Waals surface area contributed by atoms with E-state index >= 15 is 0 Å². The van der Waals surface area contributed by atoms with Crippen LogP contribution in [0.5, 0.6) is 0 Å². The molecule has 1 heterocycles. The Balaban J connectivity index is 2.77. The Morgan fingerprint density at radius 3 is 2.69 bits per heavy atom. The van der Waals surface area contributed by atoms with Crippen molar-refractivity contribution in [2.75, 3.05) is 5.73 Å². The first-order valence-corrected chi connectivity index (χ1v) is 5.43. The lowest BCUT2D eigenvalue weighted by atomic mass is 10.2. The highest BCUT2D eigenvalue weighted by molar-refractivity contribution is 7.15. The predicted molar refractivity (Wildman–Crippen MR) is 55.8 cm³/mol. The molecule has 0 spiro atoms. The number of thiazole rings is 1. The minimum Gasteiger partial charge on any atom is -0.389 e. The Hall–Kier alpha value is -0.610. The van der Waals surface area contributed by atoms with E-state index < -0.39 is 6.10 Å². The molecule has 3 nitrogen and oxygen atoms in total. The molecular formula is C9H16N2OS. The number of aryl methyl sites for hydroxylation is 1. The van der Waals surface area contributed by atoms with E-state index in [1.165, 1.54) is 11.3 Å². The van der Waals surface area contributed by atoms with Gasteiger partial charge in [-0.3, -0.25) is 0 Å². The summed E-state index contributed by atoms with van der Waals surface area (Å²) in [7, 11) is 0. The first kappa shape index (κ1) is 10.5. The number of aliphatic hydroxyl groups excluding tert-OH is 1. The molecule has 1 unspecified atom stereocenters. The van der Waals surface area contributed by atoms with Gasteiger partial charge in [0.2, 0.25) is 0 Å². The van der Waals surface area contributed by atoms with Crippen LogP contribution in [-0.4, -0.2) is 10.1 Å². The zero-order valence-electron chi connectivity index (χ0n) is 8.08. The summed E-state index contributed by atoms with van der Waals surface area (Å²) in [6.07, 6.45) is 2.12. The summed E-state index contributed by atoms with van der Waals surface area (Å²) < 4.78 is 0. The van der Waals surface area contributed by atoms with Gasteiger partial charge in [0.25, 0.3) is 0 Å². The van der Waals surface area contributed by atoms with Gasteiger partial charge >= 0.3 is 0 Å². The van der Waals surface area contributed by atoms with Crippen molar-refractivity contribution in [3.05, 3.63) is 10.7 Å². The number of hydrogen-bond donors (Lipinski definition) is 2. The van der Waals surface area contributed by atoms with Gasteiger partial charge in [-0.2, -0.15) is 0 Å². The van der Waals surface area contributed by atoms with Gasteiger partial charge in [-0.1, -0.05) is 31.6 Å². The van der Waals surface area contributed by atoms with Gasteiger partial charge < -0.3 is 10.8 Å². The Kier molecular flexibility index (Phi) is 3.69. The van der Waals surface area contributed by atoms with Crippen LogP contribution in [0, 0.1) is 0 Å². The van der Waals surface area contributed by atoms with Gasteiger partial charge in [-0.15, -0.1) is 0 Å². The molecule has 0 radical (unpaired) electrons. The van der Waals surface area contributed by atoms with Gasteiger partial charge in [0.1, 0.15) is 16.1 Å². The molecule has 0 fully saturated rings.